The highest BCUT2D eigenvalue weighted by molar-refractivity contribution is 7.99. The van der Waals surface area contributed by atoms with Crippen molar-refractivity contribution in [3.63, 3.8) is 0 Å². The molecule has 0 spiro atoms. The summed E-state index contributed by atoms with van der Waals surface area (Å²) in [5.74, 6) is 0.576. The smallest absolute Gasteiger partial charge is 0.306 e. The Morgan fingerprint density at radius 3 is 2.43 bits per heavy atom. The van der Waals surface area contributed by atoms with Crippen LogP contribution in [0.1, 0.15) is 22.8 Å². The zero-order valence-electron chi connectivity index (χ0n) is 16.9. The number of thioether (sulfide) groups is 1. The average Bonchev–Trinajstić information content (AvgIpc) is 2.74. The van der Waals surface area contributed by atoms with Crippen molar-refractivity contribution in [3.8, 4) is 5.75 Å². The molecule has 0 aliphatic rings. The van der Waals surface area contributed by atoms with Crippen molar-refractivity contribution in [1.29, 1.82) is 0 Å². The largest absolute Gasteiger partial charge is 0.489 e. The highest BCUT2D eigenvalue weighted by Crippen LogP contribution is 2.38. The van der Waals surface area contributed by atoms with Gasteiger partial charge in [-0.3, -0.25) is 8.98 Å². The maximum Gasteiger partial charge on any atom is 0.306 e. The first-order chi connectivity index (χ1) is 14.3. The lowest BCUT2D eigenvalue weighted by atomic mass is 10.1. The minimum atomic E-state index is -3.70. The van der Waals surface area contributed by atoms with Gasteiger partial charge in [0.25, 0.3) is 10.1 Å². The van der Waals surface area contributed by atoms with Crippen molar-refractivity contribution in [3.05, 3.63) is 65.7 Å². The van der Waals surface area contributed by atoms with E-state index in [1.54, 1.807) is 12.1 Å². The second-order valence-corrected chi connectivity index (χ2v) is 9.38. The third kappa shape index (κ3) is 8.35. The van der Waals surface area contributed by atoms with Crippen molar-refractivity contribution >= 4 is 27.8 Å². The van der Waals surface area contributed by atoms with E-state index in [1.165, 1.54) is 18.9 Å². The molecule has 164 valence electrons. The molecule has 0 bridgehead atoms. The van der Waals surface area contributed by atoms with Gasteiger partial charge < -0.3 is 14.6 Å². The molecule has 1 N–H and O–H groups in total. The summed E-state index contributed by atoms with van der Waals surface area (Å²) in [6, 6.07) is 16.9. The fourth-order valence-corrected chi connectivity index (χ4v) is 4.24. The quantitative estimate of drug-likeness (QED) is 0.386. The molecule has 7 nitrogen and oxygen atoms in total. The lowest BCUT2D eigenvalue weighted by Gasteiger charge is -2.24. The van der Waals surface area contributed by atoms with Crippen LogP contribution in [0.5, 0.6) is 5.75 Å². The second kappa shape index (κ2) is 11.9. The molecule has 2 unspecified atom stereocenters. The Labute approximate surface area is 181 Å². The molecular weight excluding hydrogens is 428 g/mol. The first kappa shape index (κ1) is 24.2. The molecule has 9 heteroatoms. The summed E-state index contributed by atoms with van der Waals surface area (Å²) in [4.78, 5) is 11.5. The zero-order valence-corrected chi connectivity index (χ0v) is 18.5. The Kier molecular flexibility index (Phi) is 9.64. The summed E-state index contributed by atoms with van der Waals surface area (Å²) >= 11 is 1.31. The summed E-state index contributed by atoms with van der Waals surface area (Å²) in [7, 11) is -2.39. The average molecular weight is 455 g/mol. The molecule has 0 fully saturated rings. The number of esters is 1. The Balaban J connectivity index is 2.19. The number of methoxy groups -OCH3 is 1. The van der Waals surface area contributed by atoms with Gasteiger partial charge in [-0.05, 0) is 11.6 Å². The van der Waals surface area contributed by atoms with Crippen LogP contribution in [-0.2, 0) is 30.4 Å². The van der Waals surface area contributed by atoms with Gasteiger partial charge in [0, 0.05) is 11.3 Å². The first-order valence-electron chi connectivity index (χ1n) is 9.26. The van der Waals surface area contributed by atoms with Gasteiger partial charge in [-0.1, -0.05) is 48.5 Å². The topological polar surface area (TPSA) is 99.1 Å². The van der Waals surface area contributed by atoms with Crippen molar-refractivity contribution in [2.45, 2.75) is 24.4 Å². The number of carbonyl (C=O) groups is 1. The van der Waals surface area contributed by atoms with Gasteiger partial charge in [-0.2, -0.15) is 20.2 Å². The molecule has 2 aromatic carbocycles. The number of hydrogen-bond donors (Lipinski definition) is 1. The van der Waals surface area contributed by atoms with Crippen LogP contribution >= 0.6 is 11.8 Å². The predicted octanol–water partition coefficient (Wildman–Crippen LogP) is 2.94. The number of carbonyl (C=O) groups excluding carboxylic acids is 1. The lowest BCUT2D eigenvalue weighted by molar-refractivity contribution is -0.140. The fraction of sp³-hybridized carbons (Fsp3) is 0.381. The maximum atomic E-state index is 11.5. The first-order valence-corrected chi connectivity index (χ1v) is 12.1. The maximum absolute atomic E-state index is 11.5. The van der Waals surface area contributed by atoms with Gasteiger partial charge in [0.1, 0.15) is 12.4 Å². The SMILES string of the molecule is COC(=O)CCSC(c1ccccc1OCc1ccccc1)C(O)COS(C)(=O)=O. The van der Waals surface area contributed by atoms with Crippen molar-refractivity contribution in [2.24, 2.45) is 0 Å². The normalized spacial score (nSPS) is 13.4. The Bertz CT molecular complexity index is 901. The van der Waals surface area contributed by atoms with Crippen molar-refractivity contribution < 1.29 is 32.0 Å². The minimum Gasteiger partial charge on any atom is -0.489 e. The Morgan fingerprint density at radius 1 is 1.10 bits per heavy atom. The van der Waals surface area contributed by atoms with Gasteiger partial charge in [0.2, 0.25) is 0 Å². The number of hydrogen-bond acceptors (Lipinski definition) is 8. The third-order valence-electron chi connectivity index (χ3n) is 4.10. The minimum absolute atomic E-state index is 0.157. The van der Waals surface area contributed by atoms with Gasteiger partial charge in [0.15, 0.2) is 0 Å². The summed E-state index contributed by atoms with van der Waals surface area (Å²) in [5.41, 5.74) is 1.68. The lowest BCUT2D eigenvalue weighted by Crippen LogP contribution is -2.25. The van der Waals surface area contributed by atoms with E-state index in [0.29, 0.717) is 23.7 Å². The van der Waals surface area contributed by atoms with Gasteiger partial charge in [0.05, 0.1) is 37.7 Å². The number of benzene rings is 2. The van der Waals surface area contributed by atoms with E-state index in [-0.39, 0.29) is 12.4 Å². The van der Waals surface area contributed by atoms with Crippen molar-refractivity contribution in [1.82, 2.24) is 0 Å². The predicted molar refractivity (Wildman–Crippen MR) is 116 cm³/mol. The van der Waals surface area contributed by atoms with Crippen molar-refractivity contribution in [2.75, 3.05) is 25.7 Å². The number of aliphatic hydroxyl groups is 1. The van der Waals surface area contributed by atoms with E-state index in [0.717, 1.165) is 11.8 Å². The molecule has 0 heterocycles. The molecule has 2 aromatic rings. The molecular formula is C21H26O7S2. The highest BCUT2D eigenvalue weighted by atomic mass is 32.2. The second-order valence-electron chi connectivity index (χ2n) is 6.49. The van der Waals surface area contributed by atoms with Crippen LogP contribution in [0, 0.1) is 0 Å². The summed E-state index contributed by atoms with van der Waals surface area (Å²) < 4.78 is 38.1. The van der Waals surface area contributed by atoms with Crippen LogP contribution in [0.25, 0.3) is 0 Å². The molecule has 0 saturated heterocycles. The third-order valence-corrected chi connectivity index (χ3v) is 6.03. The molecule has 0 saturated carbocycles. The monoisotopic (exact) mass is 454 g/mol. The molecule has 0 radical (unpaired) electrons. The molecule has 0 aliphatic heterocycles. The van der Waals surface area contributed by atoms with Crippen LogP contribution in [0.3, 0.4) is 0 Å². The van der Waals surface area contributed by atoms with E-state index in [1.807, 2.05) is 42.5 Å². The fourth-order valence-electron chi connectivity index (χ4n) is 2.64. The van der Waals surface area contributed by atoms with Crippen LogP contribution < -0.4 is 4.74 Å². The molecule has 30 heavy (non-hydrogen) atoms. The van der Waals surface area contributed by atoms with Crippen LogP contribution in [0.15, 0.2) is 54.6 Å². The zero-order chi connectivity index (χ0) is 22.0. The van der Waals surface area contributed by atoms with E-state index in [4.69, 9.17) is 8.92 Å². The number of rotatable bonds is 12. The van der Waals surface area contributed by atoms with E-state index >= 15 is 0 Å². The Hall–Kier alpha value is -2.07. The number of ether oxygens (including phenoxy) is 2. The number of para-hydroxylation sites is 1. The molecule has 0 aliphatic carbocycles. The standard InChI is InChI=1S/C21H26O7S2/c1-26-20(23)12-13-29-21(18(22)15-28-30(2,24)25)17-10-6-7-11-19(17)27-14-16-8-4-3-5-9-16/h3-11,18,21-22H,12-15H2,1-2H3. The van der Waals surface area contributed by atoms with Crippen LogP contribution in [0.2, 0.25) is 0 Å². The molecule has 2 rings (SSSR count). The molecule has 0 amide bonds. The molecule has 2 atom stereocenters. The summed E-state index contributed by atoms with van der Waals surface area (Å²) in [6.45, 7) is -0.0604. The molecule has 0 aromatic heterocycles. The number of aliphatic hydroxyl groups excluding tert-OH is 1. The van der Waals surface area contributed by atoms with Gasteiger partial charge >= 0.3 is 5.97 Å². The highest BCUT2D eigenvalue weighted by Gasteiger charge is 2.26. The Morgan fingerprint density at radius 2 is 1.77 bits per heavy atom. The van der Waals surface area contributed by atoms with Crippen LogP contribution in [0.4, 0.5) is 0 Å². The summed E-state index contributed by atoms with van der Waals surface area (Å²) in [6.07, 6.45) is -0.0516. The van der Waals surface area contributed by atoms with Gasteiger partial charge in [-0.15, -0.1) is 0 Å². The van der Waals surface area contributed by atoms with E-state index in [9.17, 15) is 18.3 Å². The summed E-state index contributed by atoms with van der Waals surface area (Å²) in [5, 5.41) is 10.1. The van der Waals surface area contributed by atoms with Gasteiger partial charge in [-0.25, -0.2) is 0 Å². The van der Waals surface area contributed by atoms with Crippen LogP contribution in [-0.4, -0.2) is 51.3 Å². The van der Waals surface area contributed by atoms with E-state index in [2.05, 4.69) is 4.74 Å². The van der Waals surface area contributed by atoms with E-state index < -0.39 is 28.1 Å².